The van der Waals surface area contributed by atoms with Crippen LogP contribution in [0.4, 0.5) is 0 Å². The number of carbonyl (C=O) groups is 1. The van der Waals surface area contributed by atoms with E-state index in [9.17, 15) is 4.79 Å². The van der Waals surface area contributed by atoms with Crippen LogP contribution in [-0.2, 0) is 16.1 Å². The van der Waals surface area contributed by atoms with Crippen molar-refractivity contribution in [1.29, 1.82) is 0 Å². The Morgan fingerprint density at radius 2 is 2.24 bits per heavy atom. The number of nitrogens with zero attached hydrogens (tertiary/aromatic N) is 2. The lowest BCUT2D eigenvalue weighted by atomic mass is 10.1. The normalized spacial score (nSPS) is 12.2. The number of ether oxygens (including phenoxy) is 1. The molecule has 2 rings (SSSR count). The number of halogens is 2. The van der Waals surface area contributed by atoms with Crippen molar-refractivity contribution in [3.05, 3.63) is 45.5 Å². The summed E-state index contributed by atoms with van der Waals surface area (Å²) in [5.41, 5.74) is 0.563. The SMILES string of the molecule is COC(=O)[C@@H](NCc1noc(C)n1)c1ccc(Cl)cc1Cl. The maximum atomic E-state index is 11.9. The van der Waals surface area contributed by atoms with E-state index in [1.54, 1.807) is 25.1 Å². The highest BCUT2D eigenvalue weighted by atomic mass is 35.5. The van der Waals surface area contributed by atoms with E-state index in [2.05, 4.69) is 15.5 Å². The summed E-state index contributed by atoms with van der Waals surface area (Å²) >= 11 is 12.0. The zero-order valence-corrected chi connectivity index (χ0v) is 12.9. The van der Waals surface area contributed by atoms with Crippen LogP contribution in [0.5, 0.6) is 0 Å². The van der Waals surface area contributed by atoms with E-state index in [1.807, 2.05) is 0 Å². The summed E-state index contributed by atoms with van der Waals surface area (Å²) in [4.78, 5) is 16.0. The number of methoxy groups -OCH3 is 1. The van der Waals surface area contributed by atoms with Crippen molar-refractivity contribution in [1.82, 2.24) is 15.5 Å². The van der Waals surface area contributed by atoms with E-state index < -0.39 is 12.0 Å². The van der Waals surface area contributed by atoms with Crippen LogP contribution < -0.4 is 5.32 Å². The second-order valence-corrected chi connectivity index (χ2v) is 5.08. The number of esters is 1. The fourth-order valence-corrected chi connectivity index (χ4v) is 2.30. The smallest absolute Gasteiger partial charge is 0.327 e. The lowest BCUT2D eigenvalue weighted by Crippen LogP contribution is -2.30. The maximum absolute atomic E-state index is 11.9. The van der Waals surface area contributed by atoms with Gasteiger partial charge in [0.15, 0.2) is 5.82 Å². The molecule has 1 N–H and O–H groups in total. The van der Waals surface area contributed by atoms with Gasteiger partial charge in [-0.2, -0.15) is 4.98 Å². The van der Waals surface area contributed by atoms with Gasteiger partial charge in [-0.3, -0.25) is 5.32 Å². The largest absolute Gasteiger partial charge is 0.468 e. The van der Waals surface area contributed by atoms with Gasteiger partial charge in [0, 0.05) is 17.0 Å². The number of carbonyl (C=O) groups excluding carboxylic acids is 1. The van der Waals surface area contributed by atoms with Crippen molar-refractivity contribution in [2.45, 2.75) is 19.5 Å². The molecule has 0 spiro atoms. The molecule has 0 unspecified atom stereocenters. The van der Waals surface area contributed by atoms with Crippen LogP contribution in [0.15, 0.2) is 22.7 Å². The van der Waals surface area contributed by atoms with Gasteiger partial charge in [0.25, 0.3) is 0 Å². The van der Waals surface area contributed by atoms with Gasteiger partial charge in [0.1, 0.15) is 6.04 Å². The molecular weight excluding hydrogens is 317 g/mol. The molecule has 0 aliphatic heterocycles. The highest BCUT2D eigenvalue weighted by Gasteiger charge is 2.24. The predicted molar refractivity (Wildman–Crippen MR) is 77.1 cm³/mol. The summed E-state index contributed by atoms with van der Waals surface area (Å²) < 4.78 is 9.66. The van der Waals surface area contributed by atoms with Crippen molar-refractivity contribution in [3.8, 4) is 0 Å². The fourth-order valence-electron chi connectivity index (χ4n) is 1.78. The number of aromatic nitrogens is 2. The first-order valence-corrected chi connectivity index (χ1v) is 6.82. The molecule has 0 aliphatic rings. The van der Waals surface area contributed by atoms with E-state index in [1.165, 1.54) is 7.11 Å². The lowest BCUT2D eigenvalue weighted by Gasteiger charge is -2.17. The Morgan fingerprint density at radius 1 is 1.48 bits per heavy atom. The molecule has 1 heterocycles. The molecule has 0 saturated carbocycles. The molecular formula is C13H13Cl2N3O3. The Morgan fingerprint density at radius 3 is 2.81 bits per heavy atom. The summed E-state index contributed by atoms with van der Waals surface area (Å²) in [7, 11) is 1.30. The van der Waals surface area contributed by atoms with Crippen molar-refractivity contribution in [3.63, 3.8) is 0 Å². The first kappa shape index (κ1) is 15.8. The van der Waals surface area contributed by atoms with Crippen molar-refractivity contribution >= 4 is 29.2 Å². The molecule has 2 aromatic rings. The molecule has 8 heteroatoms. The van der Waals surface area contributed by atoms with Crippen LogP contribution >= 0.6 is 23.2 Å². The van der Waals surface area contributed by atoms with E-state index in [0.29, 0.717) is 27.3 Å². The Kier molecular flexibility index (Phi) is 5.17. The summed E-state index contributed by atoms with van der Waals surface area (Å²) in [6.45, 7) is 1.92. The Hall–Kier alpha value is -1.63. The number of rotatable bonds is 5. The van der Waals surface area contributed by atoms with Gasteiger partial charge in [-0.25, -0.2) is 4.79 Å². The van der Waals surface area contributed by atoms with Crippen LogP contribution in [0, 0.1) is 6.92 Å². The van der Waals surface area contributed by atoms with Gasteiger partial charge in [-0.1, -0.05) is 34.4 Å². The molecule has 1 atom stereocenters. The third kappa shape index (κ3) is 3.93. The molecule has 0 bridgehead atoms. The predicted octanol–water partition coefficient (Wildman–Crippen LogP) is 2.69. The molecule has 6 nitrogen and oxygen atoms in total. The van der Waals surface area contributed by atoms with Crippen LogP contribution in [0.25, 0.3) is 0 Å². The highest BCUT2D eigenvalue weighted by Crippen LogP contribution is 2.27. The zero-order valence-electron chi connectivity index (χ0n) is 11.4. The monoisotopic (exact) mass is 329 g/mol. The first-order chi connectivity index (χ1) is 10.0. The molecule has 0 amide bonds. The standard InChI is InChI=1S/C13H13Cl2N3O3/c1-7-17-11(18-21-7)6-16-12(13(19)20-2)9-4-3-8(14)5-10(9)15/h3-5,12,16H,6H2,1-2H3/t12-/m0/s1. The fraction of sp³-hybridized carbons (Fsp3) is 0.308. The Balaban J connectivity index is 2.20. The van der Waals surface area contributed by atoms with Crippen LogP contribution in [0.2, 0.25) is 10.0 Å². The third-order valence-electron chi connectivity index (χ3n) is 2.74. The van der Waals surface area contributed by atoms with Crippen LogP contribution in [-0.4, -0.2) is 23.2 Å². The number of nitrogens with one attached hydrogen (secondary N) is 1. The van der Waals surface area contributed by atoms with Crippen molar-refractivity contribution in [2.24, 2.45) is 0 Å². The molecule has 0 fully saturated rings. The van der Waals surface area contributed by atoms with Crippen molar-refractivity contribution < 1.29 is 14.1 Å². The van der Waals surface area contributed by atoms with Crippen LogP contribution in [0.1, 0.15) is 23.3 Å². The number of hydrogen-bond acceptors (Lipinski definition) is 6. The van der Waals surface area contributed by atoms with E-state index in [4.69, 9.17) is 32.5 Å². The molecule has 0 radical (unpaired) electrons. The molecule has 1 aromatic heterocycles. The van der Waals surface area contributed by atoms with Gasteiger partial charge in [0.05, 0.1) is 13.7 Å². The molecule has 0 saturated heterocycles. The maximum Gasteiger partial charge on any atom is 0.327 e. The van der Waals surface area contributed by atoms with E-state index in [0.717, 1.165) is 0 Å². The van der Waals surface area contributed by atoms with E-state index >= 15 is 0 Å². The second-order valence-electron chi connectivity index (χ2n) is 4.23. The average Bonchev–Trinajstić information content (AvgIpc) is 2.86. The summed E-state index contributed by atoms with van der Waals surface area (Å²) in [6.07, 6.45) is 0. The quantitative estimate of drug-likeness (QED) is 0.850. The lowest BCUT2D eigenvalue weighted by molar-refractivity contribution is -0.143. The zero-order chi connectivity index (χ0) is 15.4. The number of aryl methyl sites for hydroxylation is 1. The van der Waals surface area contributed by atoms with Crippen LogP contribution in [0.3, 0.4) is 0 Å². The average molecular weight is 330 g/mol. The van der Waals surface area contributed by atoms with Gasteiger partial charge in [-0.05, 0) is 17.7 Å². The Labute approximate surface area is 131 Å². The number of benzene rings is 1. The summed E-state index contributed by atoms with van der Waals surface area (Å²) in [5.74, 6) is 0.414. The molecule has 0 aliphatic carbocycles. The van der Waals surface area contributed by atoms with Gasteiger partial charge in [0.2, 0.25) is 5.89 Å². The first-order valence-electron chi connectivity index (χ1n) is 6.06. The molecule has 1 aromatic carbocycles. The molecule has 112 valence electrons. The van der Waals surface area contributed by atoms with Crippen molar-refractivity contribution in [2.75, 3.05) is 7.11 Å². The number of hydrogen-bond donors (Lipinski definition) is 1. The molecule has 21 heavy (non-hydrogen) atoms. The second kappa shape index (κ2) is 6.89. The Bertz CT molecular complexity index is 645. The topological polar surface area (TPSA) is 77.2 Å². The third-order valence-corrected chi connectivity index (χ3v) is 3.31. The van der Waals surface area contributed by atoms with E-state index in [-0.39, 0.29) is 6.54 Å². The van der Waals surface area contributed by atoms with Gasteiger partial charge >= 0.3 is 5.97 Å². The minimum Gasteiger partial charge on any atom is -0.468 e. The summed E-state index contributed by atoms with van der Waals surface area (Å²) in [6, 6.07) is 4.13. The highest BCUT2D eigenvalue weighted by molar-refractivity contribution is 6.35. The minimum absolute atomic E-state index is 0.232. The summed E-state index contributed by atoms with van der Waals surface area (Å²) in [5, 5.41) is 7.60. The van der Waals surface area contributed by atoms with Gasteiger partial charge < -0.3 is 9.26 Å². The minimum atomic E-state index is -0.751. The van der Waals surface area contributed by atoms with Gasteiger partial charge in [-0.15, -0.1) is 0 Å².